The fourth-order valence-electron chi connectivity index (χ4n) is 2.77. The Bertz CT molecular complexity index is 645. The van der Waals surface area contributed by atoms with Gasteiger partial charge in [-0.25, -0.2) is 4.39 Å². The highest BCUT2D eigenvalue weighted by Crippen LogP contribution is 2.18. The van der Waals surface area contributed by atoms with E-state index in [4.69, 9.17) is 4.74 Å². The molecule has 0 radical (unpaired) electrons. The molecule has 1 aliphatic rings. The highest BCUT2D eigenvalue weighted by molar-refractivity contribution is 5.94. The first-order valence-corrected chi connectivity index (χ1v) is 7.43. The van der Waals surface area contributed by atoms with Crippen molar-refractivity contribution in [3.63, 3.8) is 0 Å². The molecule has 3 rings (SSSR count). The minimum atomic E-state index is -0.475. The van der Waals surface area contributed by atoms with Crippen molar-refractivity contribution in [1.82, 2.24) is 4.90 Å². The van der Waals surface area contributed by atoms with Gasteiger partial charge in [-0.15, -0.1) is 0 Å². The third kappa shape index (κ3) is 3.17. The summed E-state index contributed by atoms with van der Waals surface area (Å²) in [6.07, 6.45) is 0.709. The van der Waals surface area contributed by atoms with Gasteiger partial charge in [-0.1, -0.05) is 42.5 Å². The summed E-state index contributed by atoms with van der Waals surface area (Å²) in [6.45, 7) is 1.46. The number of benzene rings is 2. The van der Waals surface area contributed by atoms with Crippen LogP contribution in [0.4, 0.5) is 4.39 Å². The van der Waals surface area contributed by atoms with Gasteiger partial charge in [0.1, 0.15) is 5.82 Å². The molecule has 114 valence electrons. The number of carbonyl (C=O) groups is 1. The first-order chi connectivity index (χ1) is 10.8. The van der Waals surface area contributed by atoms with Crippen LogP contribution in [-0.4, -0.2) is 36.6 Å². The van der Waals surface area contributed by atoms with E-state index in [1.807, 2.05) is 30.3 Å². The molecule has 1 atom stereocenters. The molecule has 3 nitrogen and oxygen atoms in total. The van der Waals surface area contributed by atoms with Gasteiger partial charge in [0.05, 0.1) is 24.8 Å². The molecule has 0 bridgehead atoms. The minimum absolute atomic E-state index is 0.0664. The summed E-state index contributed by atoms with van der Waals surface area (Å²) in [6, 6.07) is 16.0. The summed E-state index contributed by atoms with van der Waals surface area (Å²) in [7, 11) is 0. The van der Waals surface area contributed by atoms with Crippen molar-refractivity contribution in [3.8, 4) is 0 Å². The number of nitrogens with zero attached hydrogens (tertiary/aromatic N) is 1. The van der Waals surface area contributed by atoms with Gasteiger partial charge in [-0.05, 0) is 24.1 Å². The second-order valence-electron chi connectivity index (χ2n) is 5.40. The monoisotopic (exact) mass is 299 g/mol. The number of morpholine rings is 1. The van der Waals surface area contributed by atoms with E-state index in [0.717, 1.165) is 5.56 Å². The summed E-state index contributed by atoms with van der Waals surface area (Å²) in [5, 5.41) is 0. The number of rotatable bonds is 3. The van der Waals surface area contributed by atoms with Gasteiger partial charge in [-0.2, -0.15) is 0 Å². The molecule has 2 aromatic carbocycles. The Balaban J connectivity index is 1.80. The number of halogens is 1. The van der Waals surface area contributed by atoms with Crippen LogP contribution in [0.1, 0.15) is 15.9 Å². The summed E-state index contributed by atoms with van der Waals surface area (Å²) < 4.78 is 19.4. The van der Waals surface area contributed by atoms with Gasteiger partial charge < -0.3 is 9.64 Å². The molecule has 0 aromatic heterocycles. The molecule has 0 N–H and O–H groups in total. The molecular formula is C18H18FNO2. The first-order valence-electron chi connectivity index (χ1n) is 7.43. The van der Waals surface area contributed by atoms with Crippen LogP contribution in [0, 0.1) is 5.82 Å². The van der Waals surface area contributed by atoms with Crippen LogP contribution in [0.2, 0.25) is 0 Å². The van der Waals surface area contributed by atoms with Crippen LogP contribution in [-0.2, 0) is 11.2 Å². The Hall–Kier alpha value is -2.20. The predicted molar refractivity (Wildman–Crippen MR) is 82.2 cm³/mol. The summed E-state index contributed by atoms with van der Waals surface area (Å²) in [5.74, 6) is -0.736. The van der Waals surface area contributed by atoms with Gasteiger partial charge >= 0.3 is 0 Å². The van der Waals surface area contributed by atoms with Crippen molar-refractivity contribution in [2.24, 2.45) is 0 Å². The Morgan fingerprint density at radius 1 is 1.14 bits per heavy atom. The predicted octanol–water partition coefficient (Wildman–Crippen LogP) is 2.91. The SMILES string of the molecule is O=C(c1ccccc1F)N1CCOCC1Cc1ccccc1. The highest BCUT2D eigenvalue weighted by Gasteiger charge is 2.29. The van der Waals surface area contributed by atoms with Crippen LogP contribution >= 0.6 is 0 Å². The lowest BCUT2D eigenvalue weighted by atomic mass is 10.0. The van der Waals surface area contributed by atoms with Crippen molar-refractivity contribution < 1.29 is 13.9 Å². The van der Waals surface area contributed by atoms with E-state index in [9.17, 15) is 9.18 Å². The molecule has 22 heavy (non-hydrogen) atoms. The number of ether oxygens (including phenoxy) is 1. The summed E-state index contributed by atoms with van der Waals surface area (Å²) in [5.41, 5.74) is 1.27. The van der Waals surface area contributed by atoms with Crippen molar-refractivity contribution in [2.45, 2.75) is 12.5 Å². The molecule has 1 saturated heterocycles. The standard InChI is InChI=1S/C18H18FNO2/c19-17-9-5-4-8-16(17)18(21)20-10-11-22-13-15(20)12-14-6-2-1-3-7-14/h1-9,15H,10-13H2. The van der Waals surface area contributed by atoms with Gasteiger partial charge in [0.2, 0.25) is 0 Å². The zero-order chi connectivity index (χ0) is 15.4. The summed E-state index contributed by atoms with van der Waals surface area (Å²) in [4.78, 5) is 14.4. The van der Waals surface area contributed by atoms with Crippen LogP contribution in [0.3, 0.4) is 0 Å². The quantitative estimate of drug-likeness (QED) is 0.872. The van der Waals surface area contributed by atoms with E-state index in [0.29, 0.717) is 26.2 Å². The third-order valence-corrected chi connectivity index (χ3v) is 3.91. The second kappa shape index (κ2) is 6.71. The minimum Gasteiger partial charge on any atom is -0.377 e. The number of hydrogen-bond acceptors (Lipinski definition) is 2. The van der Waals surface area contributed by atoms with E-state index < -0.39 is 5.82 Å². The Labute approximate surface area is 129 Å². The van der Waals surface area contributed by atoms with E-state index >= 15 is 0 Å². The zero-order valence-corrected chi connectivity index (χ0v) is 12.2. The van der Waals surface area contributed by atoms with E-state index in [1.54, 1.807) is 17.0 Å². The number of amides is 1. The fourth-order valence-corrected chi connectivity index (χ4v) is 2.77. The lowest BCUT2D eigenvalue weighted by Gasteiger charge is -2.36. The smallest absolute Gasteiger partial charge is 0.257 e. The van der Waals surface area contributed by atoms with Gasteiger partial charge in [-0.3, -0.25) is 4.79 Å². The maximum Gasteiger partial charge on any atom is 0.257 e. The van der Waals surface area contributed by atoms with E-state index in [1.165, 1.54) is 12.1 Å². The van der Waals surface area contributed by atoms with E-state index in [-0.39, 0.29) is 17.5 Å². The van der Waals surface area contributed by atoms with E-state index in [2.05, 4.69) is 0 Å². The first kappa shape index (κ1) is 14.7. The molecule has 4 heteroatoms. The normalized spacial score (nSPS) is 18.2. The maximum absolute atomic E-state index is 13.9. The number of hydrogen-bond donors (Lipinski definition) is 0. The molecule has 0 aliphatic carbocycles. The lowest BCUT2D eigenvalue weighted by molar-refractivity contribution is -0.00187. The number of carbonyl (C=O) groups excluding carboxylic acids is 1. The fraction of sp³-hybridized carbons (Fsp3) is 0.278. The molecule has 1 unspecified atom stereocenters. The van der Waals surface area contributed by atoms with Crippen molar-refractivity contribution in [3.05, 3.63) is 71.5 Å². The van der Waals surface area contributed by atoms with Crippen LogP contribution < -0.4 is 0 Å². The zero-order valence-electron chi connectivity index (χ0n) is 12.2. The third-order valence-electron chi connectivity index (χ3n) is 3.91. The Morgan fingerprint density at radius 3 is 2.64 bits per heavy atom. The van der Waals surface area contributed by atoms with Gasteiger partial charge in [0, 0.05) is 6.54 Å². The molecule has 1 heterocycles. The molecule has 1 amide bonds. The van der Waals surface area contributed by atoms with Gasteiger partial charge in [0.15, 0.2) is 0 Å². The van der Waals surface area contributed by atoms with Crippen LogP contribution in [0.15, 0.2) is 54.6 Å². The second-order valence-corrected chi connectivity index (χ2v) is 5.40. The van der Waals surface area contributed by atoms with Crippen molar-refractivity contribution in [1.29, 1.82) is 0 Å². The van der Waals surface area contributed by atoms with Crippen LogP contribution in [0.5, 0.6) is 0 Å². The Morgan fingerprint density at radius 2 is 1.86 bits per heavy atom. The molecular weight excluding hydrogens is 281 g/mol. The summed E-state index contributed by atoms with van der Waals surface area (Å²) >= 11 is 0. The molecule has 1 aliphatic heterocycles. The lowest BCUT2D eigenvalue weighted by Crippen LogP contribution is -2.49. The highest BCUT2D eigenvalue weighted by atomic mass is 19.1. The molecule has 2 aromatic rings. The maximum atomic E-state index is 13.9. The average Bonchev–Trinajstić information content (AvgIpc) is 2.56. The van der Waals surface area contributed by atoms with Crippen molar-refractivity contribution in [2.75, 3.05) is 19.8 Å². The largest absolute Gasteiger partial charge is 0.377 e. The average molecular weight is 299 g/mol. The molecule has 0 saturated carbocycles. The Kier molecular flexibility index (Phi) is 4.49. The van der Waals surface area contributed by atoms with Crippen LogP contribution in [0.25, 0.3) is 0 Å². The van der Waals surface area contributed by atoms with Gasteiger partial charge in [0.25, 0.3) is 5.91 Å². The molecule has 1 fully saturated rings. The van der Waals surface area contributed by atoms with Crippen molar-refractivity contribution >= 4 is 5.91 Å². The molecule has 0 spiro atoms. The topological polar surface area (TPSA) is 29.5 Å².